The Labute approximate surface area is 809 Å². The molecule has 2 aromatic carbocycles. The van der Waals surface area contributed by atoms with E-state index in [-0.39, 0.29) is 148 Å². The molecule has 0 spiro atoms. The van der Waals surface area contributed by atoms with Gasteiger partial charge in [-0.2, -0.15) is 54.1 Å². The maximum absolute atomic E-state index is 13.3. The molecule has 15 N–H and O–H groups in total. The Morgan fingerprint density at radius 3 is 1.43 bits per heavy atom. The number of nitrogens with two attached hydrogens (primary N) is 4. The fourth-order valence-electron chi connectivity index (χ4n) is 17.1. The molecule has 740 valence electrons. The number of furan rings is 1. The molecule has 0 amide bonds. The van der Waals surface area contributed by atoms with Crippen LogP contribution in [0.4, 0.5) is 17.5 Å². The van der Waals surface area contributed by atoms with E-state index in [0.29, 0.717) is 104 Å². The molecule has 51 heteroatoms. The molecule has 5 aliphatic rings. The molecular formula is C87H105Cl3N22O22S4. The van der Waals surface area contributed by atoms with E-state index in [1.54, 1.807) is 104 Å². The van der Waals surface area contributed by atoms with Crippen molar-refractivity contribution in [3.63, 3.8) is 0 Å². The Hall–Kier alpha value is -10.8. The number of carbonyl (C=O) groups is 4. The summed E-state index contributed by atoms with van der Waals surface area (Å²) in [6, 6.07) is 25.8. The standard InChI is InChI=1S/C23H24Cl2N4O5S.C23H28N6O5S.C21H30N6O6S.C20H23ClN6O6S/c24-19-2-1-14(9-20(19)25)12-29-6-4-21(28-29)23(31)18-11-27-5-3-16(18)7-15-8-17(22(30)10-15)13-34-35(26,32)33;1-23(2,16-6-4-3-5-7-16)29-9-8-19(28-29)21(31)18-12-25-14-26-22(18)27-17-10-15(20(30)11-17)13-34-35(24,32)33;1-21(2)5-3-15(33-21)10-27-6-4-17(26-27)19(29)16-9-23-12-24-20(16)25-14-7-13(18(28)8-14)11-32-34(22,30)31;1-11(17-2-3-18(21)33-17)27-5-4-15(26-27)19(29)14-8-23-10-24-20(14)25-13-6-12(16(28)7-13)9-32-34(22,30)31/h1-6,9,11,15,17,22,30H,7-8,10,12-13H2,(H2,26,32,33);3-9,12,14-15,17,20,30H,10-11,13H2,1-2H3,(H2,24,32,33)(H,25,26,27);4,6,9,12-15,18,28H,3,5,7-8,10-11H2,1-2H3,(H2,22,30,31)(H,23,24,25);2-5,8,10-13,16,28H,6-7,9H2,1H3,(H2,22,30,31)(H,23,24,25)/t15-,17-,22+;15-,17-,20+;13-,14-,15?,18+;11?,12-,13-,16+/m1111/s1. The van der Waals surface area contributed by atoms with Crippen LogP contribution < -0.4 is 36.5 Å². The molecule has 0 radical (unpaired) electrons. The fourth-order valence-corrected chi connectivity index (χ4v) is 19.0. The number of anilines is 3. The van der Waals surface area contributed by atoms with Gasteiger partial charge in [-0.25, -0.2) is 50.5 Å². The van der Waals surface area contributed by atoms with Crippen LogP contribution in [0.3, 0.4) is 0 Å². The van der Waals surface area contributed by atoms with Crippen molar-refractivity contribution in [2.75, 3.05) is 42.4 Å². The maximum atomic E-state index is 13.3. The summed E-state index contributed by atoms with van der Waals surface area (Å²) in [4.78, 5) is 81.5. The molecule has 1 aliphatic heterocycles. The third kappa shape index (κ3) is 29.0. The predicted octanol–water partition coefficient (Wildman–Crippen LogP) is 6.64. The monoisotopic (exact) mass is 2040 g/mol. The van der Waals surface area contributed by atoms with E-state index >= 15 is 0 Å². The molecule has 14 atom stereocenters. The lowest BCUT2D eigenvalue weighted by Gasteiger charge is -2.26. The highest BCUT2D eigenvalue weighted by molar-refractivity contribution is 7.85. The number of aliphatic hydroxyl groups is 4. The molecule has 0 bridgehead atoms. The number of benzene rings is 2. The highest BCUT2D eigenvalue weighted by Crippen LogP contribution is 2.39. The van der Waals surface area contributed by atoms with Crippen LogP contribution in [0.15, 0.2) is 170 Å². The fraction of sp³-hybridized carbons (Fsp3) is 0.437. The number of aliphatic hydroxyl groups excluding tert-OH is 4. The molecule has 44 nitrogen and oxygen atoms in total. The lowest BCUT2D eigenvalue weighted by atomic mass is 9.93. The first-order chi connectivity index (χ1) is 65.2. The summed E-state index contributed by atoms with van der Waals surface area (Å²) in [7, 11) is -16.3. The van der Waals surface area contributed by atoms with Gasteiger partial charge < -0.3 is 45.5 Å². The van der Waals surface area contributed by atoms with Crippen molar-refractivity contribution < 1.29 is 99.2 Å². The quantitative estimate of drug-likeness (QED) is 0.0183. The first kappa shape index (κ1) is 105. The zero-order valence-electron chi connectivity index (χ0n) is 75.1. The Kier molecular flexibility index (Phi) is 34.2. The van der Waals surface area contributed by atoms with Crippen LogP contribution in [0.2, 0.25) is 15.3 Å². The number of ketones is 4. The highest BCUT2D eigenvalue weighted by Gasteiger charge is 2.41. The van der Waals surface area contributed by atoms with Gasteiger partial charge in [0.05, 0.1) is 108 Å². The van der Waals surface area contributed by atoms with Crippen LogP contribution in [0.1, 0.15) is 192 Å². The molecule has 11 aromatic rings. The van der Waals surface area contributed by atoms with Gasteiger partial charge in [0, 0.05) is 103 Å². The van der Waals surface area contributed by atoms with Crippen molar-refractivity contribution >= 4 is 117 Å². The van der Waals surface area contributed by atoms with Gasteiger partial charge in [0.25, 0.3) is 0 Å². The zero-order chi connectivity index (χ0) is 99.3. The number of ether oxygens (including phenoxy) is 1. The van der Waals surface area contributed by atoms with E-state index in [2.05, 4.69) is 102 Å². The number of hydrogen-bond donors (Lipinski definition) is 11. The molecular weight excluding hydrogens is 1940 g/mol. The average Bonchev–Trinajstić information content (AvgIpc) is 1.62. The van der Waals surface area contributed by atoms with E-state index in [0.717, 1.165) is 29.5 Å². The summed E-state index contributed by atoms with van der Waals surface area (Å²) in [5.41, 5.74) is 4.24. The molecule has 1 saturated heterocycles. The Balaban J connectivity index is 0.000000155. The largest absolute Gasteiger partial charge is 0.447 e. The molecule has 138 heavy (non-hydrogen) atoms. The number of carbonyl (C=O) groups excluding carboxylic acids is 4. The van der Waals surface area contributed by atoms with Crippen molar-refractivity contribution in [3.8, 4) is 0 Å². The summed E-state index contributed by atoms with van der Waals surface area (Å²) in [5, 5.41) is 89.0. The summed E-state index contributed by atoms with van der Waals surface area (Å²) in [5.74, 6) is -1.41. The SMILES string of the molecule is CC(C)(c1ccccc1)n1ccc(C(=O)c2cncnc2N[C@@H]2C[C@H](COS(N)(=O)=O)[C@@H](O)C2)n1.CC(c1ccc(Cl)o1)n1ccc(C(=O)c2cncnc2N[C@@H]2C[C@H](COS(N)(=O)=O)[C@@H](O)C2)n1.CC1(C)CCC(Cn2ccc(C(=O)c3cncnc3N[C@@H]3C[C@H](COS(N)(=O)=O)[C@@H](O)C3)n2)O1.NS(=O)(=O)OC[C@H]1C[C@@H](Cc2ccncc2C(=O)c2ccn(Cc3ccc(Cl)c(Cl)c3)n2)C[C@@H]1O. The van der Waals surface area contributed by atoms with Gasteiger partial charge in [0.1, 0.15) is 71.0 Å². The summed E-state index contributed by atoms with van der Waals surface area (Å²) in [6.07, 6.45) is 20.8. The third-order valence-corrected chi connectivity index (χ3v) is 27.0. The number of halogens is 3. The molecule has 5 fully saturated rings. The average molecular weight is 2050 g/mol. The normalized spacial score (nSPS) is 22.2. The highest BCUT2D eigenvalue weighted by atomic mass is 35.5. The summed E-state index contributed by atoms with van der Waals surface area (Å²) < 4.78 is 125. The zero-order valence-corrected chi connectivity index (χ0v) is 80.6. The van der Waals surface area contributed by atoms with E-state index < -0.39 is 88.9 Å². The lowest BCUT2D eigenvalue weighted by molar-refractivity contribution is -0.0230. The number of rotatable bonds is 36. The van der Waals surface area contributed by atoms with Gasteiger partial charge in [0.15, 0.2) is 5.22 Å². The van der Waals surface area contributed by atoms with Crippen molar-refractivity contribution in [1.29, 1.82) is 0 Å². The second-order valence-corrected chi connectivity index (χ2v) is 41.4. The number of nitrogens with zero attached hydrogens (tertiary/aromatic N) is 15. The molecule has 16 rings (SSSR count). The first-order valence-corrected chi connectivity index (χ1v) is 50.6. The van der Waals surface area contributed by atoms with E-state index in [1.807, 2.05) is 57.2 Å². The Bertz CT molecular complexity index is 6600. The minimum atomic E-state index is -4.10. The summed E-state index contributed by atoms with van der Waals surface area (Å²) in [6.45, 7) is 10.2. The van der Waals surface area contributed by atoms with Crippen LogP contribution >= 0.6 is 34.8 Å². The molecule has 10 heterocycles. The van der Waals surface area contributed by atoms with Crippen molar-refractivity contribution in [1.82, 2.24) is 74.0 Å². The van der Waals surface area contributed by atoms with Crippen molar-refractivity contribution in [2.24, 2.45) is 50.1 Å². The first-order valence-electron chi connectivity index (χ1n) is 43.6. The number of hydrogen-bond acceptors (Lipinski definition) is 36. The van der Waals surface area contributed by atoms with Crippen LogP contribution in [0, 0.1) is 29.6 Å². The van der Waals surface area contributed by atoms with Gasteiger partial charge >= 0.3 is 41.2 Å². The number of pyridine rings is 1. The Morgan fingerprint density at radius 2 is 0.957 bits per heavy atom. The third-order valence-electron chi connectivity index (χ3n) is 24.2. The van der Waals surface area contributed by atoms with E-state index in [9.17, 15) is 73.3 Å². The Morgan fingerprint density at radius 1 is 0.514 bits per heavy atom. The van der Waals surface area contributed by atoms with Gasteiger partial charge in [-0.3, -0.25) is 59.6 Å². The smallest absolute Gasteiger partial charge is 0.333 e. The van der Waals surface area contributed by atoms with Crippen molar-refractivity contribution in [3.05, 3.63) is 248 Å². The number of nitrogens with one attached hydrogen (secondary N) is 3. The molecule has 9 aromatic heterocycles. The maximum Gasteiger partial charge on any atom is 0.333 e. The molecule has 4 aliphatic carbocycles. The summed E-state index contributed by atoms with van der Waals surface area (Å²) >= 11 is 17.9. The molecule has 4 saturated carbocycles. The van der Waals surface area contributed by atoms with E-state index in [1.165, 1.54) is 43.8 Å². The van der Waals surface area contributed by atoms with Crippen molar-refractivity contribution in [2.45, 2.75) is 184 Å². The number of aromatic nitrogens is 15. The minimum absolute atomic E-state index is 0.0419. The second kappa shape index (κ2) is 45.2. The van der Waals surface area contributed by atoms with Crippen LogP contribution in [0.25, 0.3) is 0 Å². The van der Waals surface area contributed by atoms with Gasteiger partial charge in [0.2, 0.25) is 23.1 Å². The van der Waals surface area contributed by atoms with Gasteiger partial charge in [-0.15, -0.1) is 0 Å². The van der Waals surface area contributed by atoms with Crippen LogP contribution in [0.5, 0.6) is 0 Å². The van der Waals surface area contributed by atoms with E-state index in [4.69, 9.17) is 64.5 Å². The molecule has 2 unspecified atom stereocenters. The van der Waals surface area contributed by atoms with Gasteiger partial charge in [-0.05, 0) is 194 Å². The lowest BCUT2D eigenvalue weighted by Crippen LogP contribution is -2.28. The second-order valence-electron chi connectivity index (χ2n) is 35.3. The van der Waals surface area contributed by atoms with Crippen LogP contribution in [-0.2, 0) is 87.7 Å². The van der Waals surface area contributed by atoms with Crippen LogP contribution in [-0.4, -0.2) is 232 Å². The topological polar surface area (TPSA) is 647 Å². The predicted molar refractivity (Wildman–Crippen MR) is 500 cm³/mol. The minimum Gasteiger partial charge on any atom is -0.447 e. The van der Waals surface area contributed by atoms with Gasteiger partial charge in [-0.1, -0.05) is 59.6 Å².